The van der Waals surface area contributed by atoms with Crippen LogP contribution in [0.3, 0.4) is 0 Å². The summed E-state index contributed by atoms with van der Waals surface area (Å²) in [5.41, 5.74) is 1.64. The standard InChI is InChI=1S/C34H45FN2O5/c1-34(2,3)27-29(33(39)40)37(32(38)22-14-6-5-7-15-22)28(25-16-10-11-17-26(25)35)30(27)42-20-24-18-23(19-36-31(24)41-4)21-12-8-9-13-21/h10-11,16-19,21-22,27-30H,5-9,12-15,20H2,1-4H3,(H,39,40)/t27-,28+,29+,30+/m1/s1. The lowest BCUT2D eigenvalue weighted by atomic mass is 9.73. The first-order valence-electron chi connectivity index (χ1n) is 15.6. The number of pyridine rings is 1. The van der Waals surface area contributed by atoms with Crippen molar-refractivity contribution in [3.8, 4) is 5.88 Å². The summed E-state index contributed by atoms with van der Waals surface area (Å²) in [5.74, 6) is -1.74. The summed E-state index contributed by atoms with van der Waals surface area (Å²) in [6.45, 7) is 6.02. The van der Waals surface area contributed by atoms with E-state index in [1.807, 2.05) is 27.0 Å². The van der Waals surface area contributed by atoms with E-state index in [1.54, 1.807) is 25.3 Å². The number of amides is 1. The molecule has 0 spiro atoms. The number of aliphatic carboxylic acids is 1. The molecule has 4 atom stereocenters. The second-order valence-corrected chi connectivity index (χ2v) is 13.4. The Morgan fingerprint density at radius 1 is 1.05 bits per heavy atom. The van der Waals surface area contributed by atoms with Crippen molar-refractivity contribution in [1.29, 1.82) is 0 Å². The zero-order valence-corrected chi connectivity index (χ0v) is 25.4. The van der Waals surface area contributed by atoms with E-state index >= 15 is 4.39 Å². The minimum absolute atomic E-state index is 0.108. The quantitative estimate of drug-likeness (QED) is 0.360. The number of carboxylic acids is 1. The zero-order chi connectivity index (χ0) is 30.0. The number of carbonyl (C=O) groups excluding carboxylic acids is 1. The number of hydrogen-bond acceptors (Lipinski definition) is 5. The van der Waals surface area contributed by atoms with Gasteiger partial charge in [-0.15, -0.1) is 0 Å². The number of halogens is 1. The van der Waals surface area contributed by atoms with Crippen LogP contribution in [0.15, 0.2) is 36.5 Å². The Hall–Kier alpha value is -3.00. The van der Waals surface area contributed by atoms with Crippen molar-refractivity contribution in [2.24, 2.45) is 17.3 Å². The zero-order valence-electron chi connectivity index (χ0n) is 25.4. The Kier molecular flexibility index (Phi) is 9.21. The van der Waals surface area contributed by atoms with Gasteiger partial charge in [-0.25, -0.2) is 14.2 Å². The maximum absolute atomic E-state index is 15.6. The first-order valence-corrected chi connectivity index (χ1v) is 15.6. The number of carboxylic acid groups (broad SMARTS) is 1. The molecular formula is C34H45FN2O5. The predicted octanol–water partition coefficient (Wildman–Crippen LogP) is 7.05. The minimum atomic E-state index is -1.15. The van der Waals surface area contributed by atoms with Gasteiger partial charge in [-0.3, -0.25) is 4.79 Å². The molecule has 0 radical (unpaired) electrons. The highest BCUT2D eigenvalue weighted by Crippen LogP contribution is 2.51. The molecule has 0 bridgehead atoms. The molecule has 1 N–H and O–H groups in total. The van der Waals surface area contributed by atoms with Gasteiger partial charge in [0.05, 0.1) is 25.9 Å². The molecular weight excluding hydrogens is 535 g/mol. The molecule has 7 nitrogen and oxygen atoms in total. The first-order chi connectivity index (χ1) is 20.1. The molecule has 42 heavy (non-hydrogen) atoms. The Morgan fingerprint density at radius 3 is 2.33 bits per heavy atom. The molecule has 1 aromatic heterocycles. The van der Waals surface area contributed by atoms with Gasteiger partial charge in [0.1, 0.15) is 11.9 Å². The fourth-order valence-electron chi connectivity index (χ4n) is 7.66. The normalized spacial score (nSPS) is 25.6. The molecule has 0 unspecified atom stereocenters. The summed E-state index contributed by atoms with van der Waals surface area (Å²) in [7, 11) is 1.57. The van der Waals surface area contributed by atoms with E-state index < -0.39 is 41.3 Å². The Balaban J connectivity index is 1.58. The van der Waals surface area contributed by atoms with Gasteiger partial charge in [0, 0.05) is 29.2 Å². The number of methoxy groups -OCH3 is 1. The topological polar surface area (TPSA) is 89.0 Å². The second kappa shape index (κ2) is 12.7. The number of ether oxygens (including phenoxy) is 2. The molecule has 1 aliphatic heterocycles. The smallest absolute Gasteiger partial charge is 0.326 e. The number of likely N-dealkylation sites (tertiary alicyclic amines) is 1. The first kappa shape index (κ1) is 30.5. The maximum Gasteiger partial charge on any atom is 0.326 e. The number of hydrogen-bond donors (Lipinski definition) is 1. The van der Waals surface area contributed by atoms with E-state index in [-0.39, 0.29) is 24.0 Å². The number of nitrogens with zero attached hydrogens (tertiary/aromatic N) is 2. The molecule has 2 saturated carbocycles. The van der Waals surface area contributed by atoms with E-state index in [9.17, 15) is 14.7 Å². The summed E-state index contributed by atoms with van der Waals surface area (Å²) in [4.78, 5) is 33.4. The van der Waals surface area contributed by atoms with Crippen LogP contribution < -0.4 is 4.74 Å². The molecule has 8 heteroatoms. The highest BCUT2D eigenvalue weighted by atomic mass is 19.1. The number of carbonyl (C=O) groups is 2. The van der Waals surface area contributed by atoms with Crippen LogP contribution in [0.2, 0.25) is 0 Å². The number of rotatable bonds is 8. The summed E-state index contributed by atoms with van der Waals surface area (Å²) >= 11 is 0. The third-order valence-electron chi connectivity index (χ3n) is 9.69. The highest BCUT2D eigenvalue weighted by molar-refractivity contribution is 5.87. The molecule has 2 aliphatic carbocycles. The van der Waals surface area contributed by atoms with Crippen molar-refractivity contribution in [3.05, 3.63) is 59.0 Å². The van der Waals surface area contributed by atoms with Crippen LogP contribution >= 0.6 is 0 Å². The highest BCUT2D eigenvalue weighted by Gasteiger charge is 2.59. The van der Waals surface area contributed by atoms with Gasteiger partial charge in [0.15, 0.2) is 0 Å². The molecule has 228 valence electrons. The summed E-state index contributed by atoms with van der Waals surface area (Å²) in [6, 6.07) is 6.41. The third kappa shape index (κ3) is 6.05. The SMILES string of the molecule is COc1ncc(C2CCCC2)cc1CO[C@H]1[C@H](C(C)(C)C)[C@@H](C(=O)O)N(C(=O)C2CCCCC2)[C@H]1c1ccccc1F. The van der Waals surface area contributed by atoms with Gasteiger partial charge in [-0.1, -0.05) is 71.1 Å². The molecule has 3 aliphatic rings. The van der Waals surface area contributed by atoms with Crippen LogP contribution in [0.5, 0.6) is 5.88 Å². The van der Waals surface area contributed by atoms with Crippen LogP contribution in [0.4, 0.5) is 4.39 Å². The Bertz CT molecular complexity index is 1260. The molecule has 1 saturated heterocycles. The average Bonchev–Trinajstić information content (AvgIpc) is 3.63. The van der Waals surface area contributed by atoms with E-state index in [0.717, 1.165) is 43.2 Å². The fraction of sp³-hybridized carbons (Fsp3) is 0.618. The van der Waals surface area contributed by atoms with E-state index in [4.69, 9.17) is 9.47 Å². The Morgan fingerprint density at radius 2 is 1.71 bits per heavy atom. The van der Waals surface area contributed by atoms with Gasteiger partial charge in [0.25, 0.3) is 0 Å². The molecule has 1 aromatic carbocycles. The van der Waals surface area contributed by atoms with Gasteiger partial charge in [0.2, 0.25) is 11.8 Å². The van der Waals surface area contributed by atoms with Crippen LogP contribution in [-0.4, -0.2) is 46.1 Å². The van der Waals surface area contributed by atoms with Crippen LogP contribution in [0.1, 0.15) is 107 Å². The second-order valence-electron chi connectivity index (χ2n) is 13.4. The minimum Gasteiger partial charge on any atom is -0.481 e. The van der Waals surface area contributed by atoms with Crippen molar-refractivity contribution in [2.45, 2.75) is 109 Å². The number of aromatic nitrogens is 1. The van der Waals surface area contributed by atoms with Gasteiger partial charge in [-0.2, -0.15) is 0 Å². The van der Waals surface area contributed by atoms with Crippen LogP contribution in [-0.2, 0) is 20.9 Å². The lowest BCUT2D eigenvalue weighted by Gasteiger charge is -2.35. The lowest BCUT2D eigenvalue weighted by Crippen LogP contribution is -2.49. The van der Waals surface area contributed by atoms with Gasteiger partial charge >= 0.3 is 5.97 Å². The average molecular weight is 581 g/mol. The lowest BCUT2D eigenvalue weighted by molar-refractivity contribution is -0.154. The summed E-state index contributed by atoms with van der Waals surface area (Å²) in [5, 5.41) is 10.7. The maximum atomic E-state index is 15.6. The van der Waals surface area contributed by atoms with Crippen LogP contribution in [0, 0.1) is 23.1 Å². The predicted molar refractivity (Wildman–Crippen MR) is 158 cm³/mol. The van der Waals surface area contributed by atoms with Crippen molar-refractivity contribution in [3.63, 3.8) is 0 Å². The largest absolute Gasteiger partial charge is 0.481 e. The van der Waals surface area contributed by atoms with Crippen molar-refractivity contribution >= 4 is 11.9 Å². The molecule has 1 amide bonds. The van der Waals surface area contributed by atoms with E-state index in [2.05, 4.69) is 11.1 Å². The Labute approximate surface area is 248 Å². The van der Waals surface area contributed by atoms with E-state index in [1.165, 1.54) is 23.8 Å². The van der Waals surface area contributed by atoms with Gasteiger partial charge < -0.3 is 19.5 Å². The monoisotopic (exact) mass is 580 g/mol. The third-order valence-corrected chi connectivity index (χ3v) is 9.69. The number of benzene rings is 1. The van der Waals surface area contributed by atoms with Crippen LogP contribution in [0.25, 0.3) is 0 Å². The summed E-state index contributed by atoms with van der Waals surface area (Å²) in [6.07, 6.45) is 10.1. The van der Waals surface area contributed by atoms with Crippen molar-refractivity contribution in [2.75, 3.05) is 7.11 Å². The fourth-order valence-corrected chi connectivity index (χ4v) is 7.66. The van der Waals surface area contributed by atoms with Crippen molar-refractivity contribution < 1.29 is 28.6 Å². The van der Waals surface area contributed by atoms with E-state index in [0.29, 0.717) is 24.6 Å². The molecule has 5 rings (SSSR count). The molecule has 3 fully saturated rings. The van der Waals surface area contributed by atoms with Crippen molar-refractivity contribution in [1.82, 2.24) is 9.88 Å². The molecule has 2 heterocycles. The molecule has 2 aromatic rings. The summed E-state index contributed by atoms with van der Waals surface area (Å²) < 4.78 is 27.9. The van der Waals surface area contributed by atoms with Gasteiger partial charge in [-0.05, 0) is 54.7 Å².